The normalized spacial score (nSPS) is 10.3. The Bertz CT molecular complexity index is 542. The number of hydrogen-bond acceptors (Lipinski definition) is 6. The van der Waals surface area contributed by atoms with E-state index in [2.05, 4.69) is 25.3 Å². The van der Waals surface area contributed by atoms with E-state index in [1.165, 1.54) is 0 Å². The van der Waals surface area contributed by atoms with Gasteiger partial charge in [0, 0.05) is 25.4 Å². The fraction of sp³-hybridized carbons (Fsp3) is 0.222. The predicted octanol–water partition coefficient (Wildman–Crippen LogP) is -0.00200. The number of anilines is 1. The van der Waals surface area contributed by atoms with E-state index >= 15 is 0 Å². The molecule has 9 heteroatoms. The maximum Gasteiger partial charge on any atom is 0.241 e. The monoisotopic (exact) mass is 267 g/mol. The lowest BCUT2D eigenvalue weighted by Crippen LogP contribution is -2.17. The first kappa shape index (κ1) is 12.2. The van der Waals surface area contributed by atoms with Crippen LogP contribution >= 0.6 is 11.6 Å². The number of nitrogens with two attached hydrogens (primary N) is 1. The summed E-state index contributed by atoms with van der Waals surface area (Å²) in [7, 11) is 0. The number of nitrogens with zero attached hydrogens (tertiary/aromatic N) is 5. The number of nitrogens with one attached hydrogen (secondary N) is 1. The van der Waals surface area contributed by atoms with Crippen LogP contribution in [-0.4, -0.2) is 37.0 Å². The molecule has 8 nitrogen and oxygen atoms in total. The molecule has 18 heavy (non-hydrogen) atoms. The molecule has 0 aliphatic rings. The molecule has 0 aliphatic heterocycles. The highest BCUT2D eigenvalue weighted by molar-refractivity contribution is 6.28. The third-order valence-electron chi connectivity index (χ3n) is 1.99. The second-order valence-electron chi connectivity index (χ2n) is 3.34. The zero-order valence-electron chi connectivity index (χ0n) is 9.25. The van der Waals surface area contributed by atoms with E-state index in [0.717, 1.165) is 0 Å². The largest absolute Gasteiger partial charge is 0.370 e. The van der Waals surface area contributed by atoms with Crippen molar-refractivity contribution in [2.24, 2.45) is 5.73 Å². The molecular formula is C9H10ClN7O. The molecule has 0 unspecified atom stereocenters. The van der Waals surface area contributed by atoms with Crippen molar-refractivity contribution in [3.05, 3.63) is 24.0 Å². The number of rotatable bonds is 5. The van der Waals surface area contributed by atoms with Gasteiger partial charge >= 0.3 is 0 Å². The lowest BCUT2D eigenvalue weighted by molar-refractivity contribution is -0.117. The number of primary amides is 1. The molecule has 0 spiro atoms. The summed E-state index contributed by atoms with van der Waals surface area (Å²) in [5.74, 6) is 0.214. The van der Waals surface area contributed by atoms with Crippen LogP contribution in [0.4, 0.5) is 5.95 Å². The maximum atomic E-state index is 10.6. The van der Waals surface area contributed by atoms with Crippen LogP contribution in [0.3, 0.4) is 0 Å². The Morgan fingerprint density at radius 2 is 2.28 bits per heavy atom. The number of amides is 1. The van der Waals surface area contributed by atoms with Crippen LogP contribution < -0.4 is 11.1 Å². The van der Waals surface area contributed by atoms with Crippen molar-refractivity contribution in [3.63, 3.8) is 0 Å². The molecule has 1 amide bonds. The average molecular weight is 268 g/mol. The molecule has 2 heterocycles. The third-order valence-corrected chi connectivity index (χ3v) is 2.16. The van der Waals surface area contributed by atoms with Crippen molar-refractivity contribution in [2.45, 2.75) is 6.42 Å². The zero-order chi connectivity index (χ0) is 13.0. The molecule has 2 rings (SSSR count). The van der Waals surface area contributed by atoms with E-state index in [9.17, 15) is 4.79 Å². The minimum atomic E-state index is -0.405. The second-order valence-corrected chi connectivity index (χ2v) is 3.68. The molecule has 0 aromatic carbocycles. The van der Waals surface area contributed by atoms with Crippen molar-refractivity contribution in [1.29, 1.82) is 0 Å². The van der Waals surface area contributed by atoms with Gasteiger partial charge in [-0.1, -0.05) is 0 Å². The van der Waals surface area contributed by atoms with Gasteiger partial charge in [-0.2, -0.15) is 15.0 Å². The highest BCUT2D eigenvalue weighted by Crippen LogP contribution is 2.09. The van der Waals surface area contributed by atoms with Crippen molar-refractivity contribution in [2.75, 3.05) is 11.9 Å². The molecule has 0 aliphatic carbocycles. The molecule has 0 atom stereocenters. The van der Waals surface area contributed by atoms with Gasteiger partial charge in [0.2, 0.25) is 23.1 Å². The van der Waals surface area contributed by atoms with E-state index in [4.69, 9.17) is 17.3 Å². The quantitative estimate of drug-likeness (QED) is 0.788. The summed E-state index contributed by atoms with van der Waals surface area (Å²) < 4.78 is 1.59. The van der Waals surface area contributed by atoms with Gasteiger partial charge in [0.05, 0.1) is 0 Å². The standard InChI is InChI=1S/C9H10ClN7O/c10-7-14-8(13-2-1-6(11)18)16-9(15-7)17-4-3-12-5-17/h3-5H,1-2H2,(H2,11,18)(H,13,14,15,16). The van der Waals surface area contributed by atoms with Crippen LogP contribution in [0.5, 0.6) is 0 Å². The zero-order valence-corrected chi connectivity index (χ0v) is 10.0. The SMILES string of the molecule is NC(=O)CCNc1nc(Cl)nc(-n2ccnc2)n1. The molecule has 2 aromatic rings. The Labute approximate surface area is 107 Å². The fourth-order valence-electron chi connectivity index (χ4n) is 1.21. The Morgan fingerprint density at radius 1 is 1.44 bits per heavy atom. The molecular weight excluding hydrogens is 258 g/mol. The van der Waals surface area contributed by atoms with Gasteiger partial charge in [-0.05, 0) is 11.6 Å². The van der Waals surface area contributed by atoms with Crippen molar-refractivity contribution < 1.29 is 4.79 Å². The van der Waals surface area contributed by atoms with Gasteiger partial charge in [0.15, 0.2) is 0 Å². The molecule has 0 bridgehead atoms. The summed E-state index contributed by atoms with van der Waals surface area (Å²) >= 11 is 5.78. The molecule has 0 radical (unpaired) electrons. The lowest BCUT2D eigenvalue weighted by atomic mass is 10.4. The van der Waals surface area contributed by atoms with Gasteiger partial charge in [0.25, 0.3) is 0 Å². The van der Waals surface area contributed by atoms with Crippen molar-refractivity contribution in [3.8, 4) is 5.95 Å². The topological polar surface area (TPSA) is 112 Å². The van der Waals surface area contributed by atoms with Gasteiger partial charge < -0.3 is 11.1 Å². The minimum Gasteiger partial charge on any atom is -0.370 e. The number of imidazole rings is 1. The smallest absolute Gasteiger partial charge is 0.241 e. The summed E-state index contributed by atoms with van der Waals surface area (Å²) in [5, 5.41) is 2.89. The average Bonchev–Trinajstić information content (AvgIpc) is 2.81. The number of carbonyl (C=O) groups is 1. The summed E-state index contributed by atoms with van der Waals surface area (Å²) in [4.78, 5) is 26.4. The predicted molar refractivity (Wildman–Crippen MR) is 64.3 cm³/mol. The van der Waals surface area contributed by atoms with Gasteiger partial charge in [-0.3, -0.25) is 9.36 Å². The van der Waals surface area contributed by atoms with E-state index in [1.54, 1.807) is 23.3 Å². The van der Waals surface area contributed by atoms with Crippen LogP contribution in [-0.2, 0) is 4.79 Å². The maximum absolute atomic E-state index is 10.6. The number of aromatic nitrogens is 5. The molecule has 0 saturated carbocycles. The van der Waals surface area contributed by atoms with E-state index in [1.807, 2.05) is 0 Å². The number of halogens is 1. The van der Waals surface area contributed by atoms with Crippen LogP contribution in [0.1, 0.15) is 6.42 Å². The number of carbonyl (C=O) groups excluding carboxylic acids is 1. The molecule has 2 aromatic heterocycles. The first-order valence-electron chi connectivity index (χ1n) is 5.07. The highest BCUT2D eigenvalue weighted by atomic mass is 35.5. The van der Waals surface area contributed by atoms with Crippen molar-refractivity contribution in [1.82, 2.24) is 24.5 Å². The Morgan fingerprint density at radius 3 is 2.94 bits per heavy atom. The second kappa shape index (κ2) is 5.41. The summed E-state index contributed by atoms with van der Waals surface area (Å²) in [6.07, 6.45) is 5.00. The fourth-order valence-corrected chi connectivity index (χ4v) is 1.36. The van der Waals surface area contributed by atoms with Crippen LogP contribution in [0.25, 0.3) is 5.95 Å². The lowest BCUT2D eigenvalue weighted by Gasteiger charge is -2.05. The number of hydrogen-bond donors (Lipinski definition) is 2. The van der Waals surface area contributed by atoms with Crippen LogP contribution in [0.15, 0.2) is 18.7 Å². The van der Waals surface area contributed by atoms with E-state index < -0.39 is 5.91 Å². The highest BCUT2D eigenvalue weighted by Gasteiger charge is 2.06. The molecule has 3 N–H and O–H groups in total. The van der Waals surface area contributed by atoms with Gasteiger partial charge in [-0.25, -0.2) is 4.98 Å². The van der Waals surface area contributed by atoms with Crippen molar-refractivity contribution >= 4 is 23.5 Å². The summed E-state index contributed by atoms with van der Waals surface area (Å²) in [6.45, 7) is 0.332. The minimum absolute atomic E-state index is 0.0512. The van der Waals surface area contributed by atoms with Gasteiger partial charge in [-0.15, -0.1) is 0 Å². The van der Waals surface area contributed by atoms with Gasteiger partial charge in [0.1, 0.15) is 6.33 Å². The molecule has 94 valence electrons. The Hall–Kier alpha value is -2.22. The first-order chi connectivity index (χ1) is 8.65. The Balaban J connectivity index is 2.14. The van der Waals surface area contributed by atoms with E-state index in [0.29, 0.717) is 12.5 Å². The van der Waals surface area contributed by atoms with Crippen LogP contribution in [0.2, 0.25) is 5.28 Å². The summed E-state index contributed by atoms with van der Waals surface area (Å²) in [5.41, 5.74) is 5.02. The molecule has 0 fully saturated rings. The summed E-state index contributed by atoms with van der Waals surface area (Å²) in [6, 6.07) is 0. The molecule has 0 saturated heterocycles. The third kappa shape index (κ3) is 3.14. The van der Waals surface area contributed by atoms with Crippen LogP contribution in [0, 0.1) is 0 Å². The Kier molecular flexibility index (Phi) is 3.68. The van der Waals surface area contributed by atoms with E-state index in [-0.39, 0.29) is 17.7 Å². The first-order valence-corrected chi connectivity index (χ1v) is 5.45.